The van der Waals surface area contributed by atoms with E-state index in [1.807, 2.05) is 0 Å². The lowest BCUT2D eigenvalue weighted by Gasteiger charge is -2.35. The van der Waals surface area contributed by atoms with Gasteiger partial charge in [0.1, 0.15) is 0 Å². The molecule has 0 unspecified atom stereocenters. The van der Waals surface area contributed by atoms with Crippen molar-refractivity contribution in [2.24, 2.45) is 0 Å². The lowest BCUT2D eigenvalue weighted by Crippen LogP contribution is -2.33. The third kappa shape index (κ3) is 3.30. The molecule has 0 atom stereocenters. The van der Waals surface area contributed by atoms with Crippen molar-refractivity contribution >= 4 is 8.07 Å². The Hall–Kier alpha value is -0.0431. The minimum atomic E-state index is -0.965. The highest BCUT2D eigenvalue weighted by molar-refractivity contribution is 6.79. The van der Waals surface area contributed by atoms with Crippen LogP contribution in [0.5, 0.6) is 0 Å². The van der Waals surface area contributed by atoms with Gasteiger partial charge in [0.15, 0.2) is 0 Å². The summed E-state index contributed by atoms with van der Waals surface area (Å²) in [5.41, 5.74) is 2.49. The van der Waals surface area contributed by atoms with Gasteiger partial charge in [0, 0.05) is 0 Å². The monoisotopic (exact) mass is 196 g/mol. The number of hydrogen-bond acceptors (Lipinski definition) is 0. The molecule has 1 rings (SSSR count). The summed E-state index contributed by atoms with van der Waals surface area (Å²) in [4.78, 5) is 0. The van der Waals surface area contributed by atoms with E-state index in [0.29, 0.717) is 0 Å². The Morgan fingerprint density at radius 2 is 1.77 bits per heavy atom. The molecule has 76 valence electrons. The summed E-state index contributed by atoms with van der Waals surface area (Å²) in [7, 11) is -0.965. The molecule has 0 saturated heterocycles. The molecule has 0 N–H and O–H groups in total. The second kappa shape index (κ2) is 4.45. The maximum Gasteiger partial charge on any atom is 0.0544 e. The van der Waals surface area contributed by atoms with E-state index in [4.69, 9.17) is 0 Å². The van der Waals surface area contributed by atoms with Crippen LogP contribution < -0.4 is 0 Å². The molecule has 0 aromatic heterocycles. The van der Waals surface area contributed by atoms with E-state index in [1.54, 1.807) is 0 Å². The van der Waals surface area contributed by atoms with E-state index < -0.39 is 8.07 Å². The Morgan fingerprint density at radius 3 is 2.23 bits per heavy atom. The van der Waals surface area contributed by atoms with E-state index in [-0.39, 0.29) is 0 Å². The first-order valence-corrected chi connectivity index (χ1v) is 8.95. The smallest absolute Gasteiger partial charge is 0.0544 e. The second-order valence-electron chi connectivity index (χ2n) is 5.46. The molecule has 1 saturated carbocycles. The predicted molar refractivity (Wildman–Crippen MR) is 63.9 cm³/mol. The van der Waals surface area contributed by atoms with Crippen LogP contribution in [0.1, 0.15) is 39.0 Å². The quantitative estimate of drug-likeness (QED) is 0.457. The fraction of sp³-hybridized carbons (Fsp3) is 0.833. The summed E-state index contributed by atoms with van der Waals surface area (Å²) >= 11 is 0. The Bertz CT molecular complexity index is 176. The highest BCUT2D eigenvalue weighted by Gasteiger charge is 2.31. The number of hydrogen-bond donors (Lipinski definition) is 0. The van der Waals surface area contributed by atoms with Gasteiger partial charge in [0.2, 0.25) is 0 Å². The van der Waals surface area contributed by atoms with Crippen LogP contribution in [-0.2, 0) is 0 Å². The topological polar surface area (TPSA) is 0 Å². The van der Waals surface area contributed by atoms with Crippen LogP contribution >= 0.6 is 0 Å². The summed E-state index contributed by atoms with van der Waals surface area (Å²) in [5, 5.41) is 0. The first kappa shape index (κ1) is 11.0. The molecule has 0 bridgehead atoms. The van der Waals surface area contributed by atoms with E-state index >= 15 is 0 Å². The summed E-state index contributed by atoms with van der Waals surface area (Å²) in [6, 6.07) is 1.34. The normalized spacial score (nSPS) is 20.2. The van der Waals surface area contributed by atoms with Crippen LogP contribution in [0.3, 0.4) is 0 Å². The zero-order valence-corrected chi connectivity index (χ0v) is 10.5. The van der Waals surface area contributed by atoms with Gasteiger partial charge in [-0.3, -0.25) is 0 Å². The molecular weight excluding hydrogens is 172 g/mol. The van der Waals surface area contributed by atoms with Crippen LogP contribution in [-0.4, -0.2) is 8.07 Å². The zero-order valence-electron chi connectivity index (χ0n) is 9.53. The van der Waals surface area contributed by atoms with Gasteiger partial charge in [0.25, 0.3) is 0 Å². The van der Waals surface area contributed by atoms with E-state index in [0.717, 1.165) is 5.54 Å². The molecule has 0 amide bonds. The van der Waals surface area contributed by atoms with Crippen LogP contribution in [0.25, 0.3) is 0 Å². The molecule has 0 spiro atoms. The fourth-order valence-corrected chi connectivity index (χ4v) is 6.62. The third-order valence-electron chi connectivity index (χ3n) is 3.47. The van der Waals surface area contributed by atoms with Gasteiger partial charge in [-0.05, 0) is 18.5 Å². The number of allylic oxidation sites excluding steroid dienone is 1. The first-order valence-electron chi connectivity index (χ1n) is 5.67. The van der Waals surface area contributed by atoms with E-state index in [2.05, 4.69) is 26.6 Å². The Labute approximate surface area is 84.4 Å². The average Bonchev–Trinajstić information content (AvgIpc) is 2.04. The molecule has 1 aliphatic carbocycles. The van der Waals surface area contributed by atoms with Crippen molar-refractivity contribution in [3.05, 3.63) is 12.2 Å². The largest absolute Gasteiger partial charge is 0.100 e. The van der Waals surface area contributed by atoms with Crippen LogP contribution in [0, 0.1) is 0 Å². The van der Waals surface area contributed by atoms with Crippen LogP contribution in [0.15, 0.2) is 12.2 Å². The maximum absolute atomic E-state index is 4.07. The van der Waals surface area contributed by atoms with Gasteiger partial charge in [-0.1, -0.05) is 50.8 Å². The number of rotatable bonds is 3. The van der Waals surface area contributed by atoms with Crippen molar-refractivity contribution in [1.82, 2.24) is 0 Å². The Kier molecular flexibility index (Phi) is 3.78. The Morgan fingerprint density at radius 1 is 1.23 bits per heavy atom. The van der Waals surface area contributed by atoms with Crippen LogP contribution in [0.4, 0.5) is 0 Å². The SMILES string of the molecule is C=C(C)C[Si](C)(C)C1CCCCC1. The van der Waals surface area contributed by atoms with Crippen molar-refractivity contribution in [2.45, 2.75) is 63.7 Å². The van der Waals surface area contributed by atoms with Crippen molar-refractivity contribution in [3.63, 3.8) is 0 Å². The molecule has 0 aromatic carbocycles. The molecule has 1 fully saturated rings. The first-order chi connectivity index (χ1) is 6.02. The minimum absolute atomic E-state index is 0.965. The molecule has 0 aliphatic heterocycles. The second-order valence-corrected chi connectivity index (χ2v) is 10.6. The van der Waals surface area contributed by atoms with Gasteiger partial charge in [-0.2, -0.15) is 0 Å². The van der Waals surface area contributed by atoms with Gasteiger partial charge in [-0.25, -0.2) is 0 Å². The maximum atomic E-state index is 4.07. The van der Waals surface area contributed by atoms with Gasteiger partial charge in [-0.15, -0.1) is 6.58 Å². The van der Waals surface area contributed by atoms with E-state index in [1.165, 1.54) is 43.7 Å². The van der Waals surface area contributed by atoms with E-state index in [9.17, 15) is 0 Å². The summed E-state index contributed by atoms with van der Waals surface area (Å²) in [5.74, 6) is 0. The standard InChI is InChI=1S/C12H24Si/c1-11(2)10-13(3,4)12-8-6-5-7-9-12/h12H,1,5-10H2,2-4H3. The third-order valence-corrected chi connectivity index (χ3v) is 7.77. The summed E-state index contributed by atoms with van der Waals surface area (Å²) < 4.78 is 0. The average molecular weight is 196 g/mol. The van der Waals surface area contributed by atoms with Crippen LogP contribution in [0.2, 0.25) is 24.7 Å². The lowest BCUT2D eigenvalue weighted by molar-refractivity contribution is 0.491. The van der Waals surface area contributed by atoms with Crippen molar-refractivity contribution in [1.29, 1.82) is 0 Å². The zero-order chi connectivity index (χ0) is 9.90. The molecule has 0 aromatic rings. The molecule has 0 heterocycles. The minimum Gasteiger partial charge on any atom is -0.100 e. The lowest BCUT2D eigenvalue weighted by atomic mass is 10.0. The molecular formula is C12H24Si. The molecule has 1 heteroatoms. The Balaban J connectivity index is 2.50. The van der Waals surface area contributed by atoms with Gasteiger partial charge < -0.3 is 0 Å². The fourth-order valence-electron chi connectivity index (χ4n) is 2.81. The van der Waals surface area contributed by atoms with Gasteiger partial charge >= 0.3 is 0 Å². The summed E-state index contributed by atoms with van der Waals surface area (Å²) in [6.45, 7) is 11.4. The molecule has 0 radical (unpaired) electrons. The predicted octanol–water partition coefficient (Wildman–Crippen LogP) is 4.61. The molecule has 1 aliphatic rings. The van der Waals surface area contributed by atoms with Crippen molar-refractivity contribution < 1.29 is 0 Å². The van der Waals surface area contributed by atoms with Crippen molar-refractivity contribution in [3.8, 4) is 0 Å². The summed E-state index contributed by atoms with van der Waals surface area (Å²) in [6.07, 6.45) is 7.46. The molecule has 13 heavy (non-hydrogen) atoms. The highest BCUT2D eigenvalue weighted by Crippen LogP contribution is 2.39. The van der Waals surface area contributed by atoms with Gasteiger partial charge in [0.05, 0.1) is 8.07 Å². The van der Waals surface area contributed by atoms with Crippen molar-refractivity contribution in [2.75, 3.05) is 0 Å². The highest BCUT2D eigenvalue weighted by atomic mass is 28.3. The molecule has 0 nitrogen and oxygen atoms in total.